The Hall–Kier alpha value is -4.06. The van der Waals surface area contributed by atoms with E-state index in [2.05, 4.69) is 0 Å². The van der Waals surface area contributed by atoms with Gasteiger partial charge in [-0.15, -0.1) is 0 Å². The van der Waals surface area contributed by atoms with Crippen LogP contribution in [0.4, 0.5) is 0 Å². The summed E-state index contributed by atoms with van der Waals surface area (Å²) in [4.78, 5) is 27.8. The highest BCUT2D eigenvalue weighted by molar-refractivity contribution is 6.46. The van der Waals surface area contributed by atoms with Crippen LogP contribution >= 0.6 is 0 Å². The number of carbonyl (C=O) groups is 2. The number of hydrogen-bond donors (Lipinski definition) is 1. The van der Waals surface area contributed by atoms with E-state index in [0.717, 1.165) is 16.9 Å². The van der Waals surface area contributed by atoms with E-state index in [1.54, 1.807) is 36.3 Å². The minimum Gasteiger partial charge on any atom is -0.507 e. The van der Waals surface area contributed by atoms with E-state index in [-0.39, 0.29) is 11.3 Å². The summed E-state index contributed by atoms with van der Waals surface area (Å²) in [6.45, 7) is 2.75. The maximum atomic E-state index is 13.1. The van der Waals surface area contributed by atoms with Gasteiger partial charge in [0.25, 0.3) is 11.7 Å². The van der Waals surface area contributed by atoms with Crippen molar-refractivity contribution in [3.05, 3.63) is 101 Å². The van der Waals surface area contributed by atoms with Crippen LogP contribution in [0.2, 0.25) is 0 Å². The molecule has 3 aromatic rings. The van der Waals surface area contributed by atoms with Crippen molar-refractivity contribution in [1.82, 2.24) is 4.90 Å². The molecule has 0 radical (unpaired) electrons. The zero-order chi connectivity index (χ0) is 24.1. The van der Waals surface area contributed by atoms with Gasteiger partial charge in [-0.25, -0.2) is 0 Å². The Morgan fingerprint density at radius 1 is 0.912 bits per heavy atom. The van der Waals surface area contributed by atoms with Crippen LogP contribution in [-0.4, -0.2) is 42.0 Å². The van der Waals surface area contributed by atoms with E-state index in [0.29, 0.717) is 30.9 Å². The van der Waals surface area contributed by atoms with Crippen molar-refractivity contribution in [2.45, 2.75) is 19.4 Å². The van der Waals surface area contributed by atoms with E-state index >= 15 is 0 Å². The summed E-state index contributed by atoms with van der Waals surface area (Å²) in [5, 5.41) is 11.1. The molecule has 0 aromatic heterocycles. The Morgan fingerprint density at radius 3 is 2.18 bits per heavy atom. The Balaban J connectivity index is 1.69. The number of carbonyl (C=O) groups excluding carboxylic acids is 2. The van der Waals surface area contributed by atoms with E-state index in [4.69, 9.17) is 9.47 Å². The Labute approximate surface area is 199 Å². The molecule has 0 aliphatic carbocycles. The second-order valence-corrected chi connectivity index (χ2v) is 7.96. The van der Waals surface area contributed by atoms with Crippen LogP contribution in [0.3, 0.4) is 0 Å². The second-order valence-electron chi connectivity index (χ2n) is 7.96. The number of rotatable bonds is 8. The molecule has 0 spiro atoms. The Bertz CT molecular complexity index is 1180. The minimum atomic E-state index is -0.685. The third kappa shape index (κ3) is 4.66. The fourth-order valence-electron chi connectivity index (χ4n) is 4.17. The van der Waals surface area contributed by atoms with Gasteiger partial charge in [-0.1, -0.05) is 42.5 Å². The predicted octanol–water partition coefficient (Wildman–Crippen LogP) is 4.76. The lowest BCUT2D eigenvalue weighted by Crippen LogP contribution is -2.31. The fraction of sp³-hybridized carbons (Fsp3) is 0.214. The quantitative estimate of drug-likeness (QED) is 0.300. The van der Waals surface area contributed by atoms with Crippen molar-refractivity contribution in [2.75, 3.05) is 20.3 Å². The molecule has 4 rings (SSSR count). The molecule has 6 nitrogen and oxygen atoms in total. The SMILES string of the molecule is CCOc1ccc(/C(O)=C2/C(=O)C(=O)N(CCc3ccc(OC)cc3)C2c2ccccc2)cc1. The molecule has 3 aromatic carbocycles. The van der Waals surface area contributed by atoms with E-state index in [1.807, 2.05) is 61.5 Å². The maximum Gasteiger partial charge on any atom is 0.295 e. The molecule has 1 N–H and O–H groups in total. The molecule has 1 heterocycles. The highest BCUT2D eigenvalue weighted by Crippen LogP contribution is 2.39. The number of methoxy groups -OCH3 is 1. The molecule has 34 heavy (non-hydrogen) atoms. The normalized spacial score (nSPS) is 17.1. The van der Waals surface area contributed by atoms with E-state index in [1.165, 1.54) is 0 Å². The van der Waals surface area contributed by atoms with Crippen molar-refractivity contribution in [3.63, 3.8) is 0 Å². The van der Waals surface area contributed by atoms with Crippen LogP contribution in [0.25, 0.3) is 5.76 Å². The number of aliphatic hydroxyl groups is 1. The smallest absolute Gasteiger partial charge is 0.295 e. The molecule has 0 saturated carbocycles. The molecule has 1 amide bonds. The van der Waals surface area contributed by atoms with Crippen molar-refractivity contribution in [1.29, 1.82) is 0 Å². The number of benzene rings is 3. The van der Waals surface area contributed by atoms with Crippen molar-refractivity contribution in [2.24, 2.45) is 0 Å². The van der Waals surface area contributed by atoms with Crippen LogP contribution in [-0.2, 0) is 16.0 Å². The highest BCUT2D eigenvalue weighted by Gasteiger charge is 2.45. The molecule has 1 saturated heterocycles. The fourth-order valence-corrected chi connectivity index (χ4v) is 4.17. The lowest BCUT2D eigenvalue weighted by Gasteiger charge is -2.25. The van der Waals surface area contributed by atoms with Gasteiger partial charge in [-0.05, 0) is 60.9 Å². The minimum absolute atomic E-state index is 0.0927. The summed E-state index contributed by atoms with van der Waals surface area (Å²) >= 11 is 0. The van der Waals surface area contributed by atoms with Crippen molar-refractivity contribution < 1.29 is 24.2 Å². The topological polar surface area (TPSA) is 76.1 Å². The number of likely N-dealkylation sites (tertiary alicyclic amines) is 1. The number of amides is 1. The van der Waals surface area contributed by atoms with Gasteiger partial charge in [0.2, 0.25) is 0 Å². The number of hydrogen-bond acceptors (Lipinski definition) is 5. The van der Waals surface area contributed by atoms with Gasteiger partial charge in [0, 0.05) is 12.1 Å². The lowest BCUT2D eigenvalue weighted by atomic mass is 9.95. The van der Waals surface area contributed by atoms with Crippen molar-refractivity contribution in [3.8, 4) is 11.5 Å². The second kappa shape index (κ2) is 10.3. The number of ketones is 1. The summed E-state index contributed by atoms with van der Waals surface area (Å²) in [5.41, 5.74) is 2.33. The number of ether oxygens (including phenoxy) is 2. The summed E-state index contributed by atoms with van der Waals surface area (Å²) < 4.78 is 10.7. The van der Waals surface area contributed by atoms with Crippen LogP contribution in [0, 0.1) is 0 Å². The van der Waals surface area contributed by atoms with Gasteiger partial charge < -0.3 is 19.5 Å². The van der Waals surface area contributed by atoms with Gasteiger partial charge in [-0.3, -0.25) is 9.59 Å². The molecule has 1 atom stereocenters. The van der Waals surface area contributed by atoms with Crippen LogP contribution in [0.5, 0.6) is 11.5 Å². The molecular weight excluding hydrogens is 430 g/mol. The van der Waals surface area contributed by atoms with Gasteiger partial charge in [0.05, 0.1) is 25.3 Å². The maximum absolute atomic E-state index is 13.1. The summed E-state index contributed by atoms with van der Waals surface area (Å²) in [6, 6.07) is 23.1. The number of Topliss-reactive ketones (excluding diaryl/α,β-unsaturated/α-hetero) is 1. The summed E-state index contributed by atoms with van der Waals surface area (Å²) in [5.74, 6) is -0.0746. The first kappa shape index (κ1) is 23.1. The Morgan fingerprint density at radius 2 is 1.56 bits per heavy atom. The molecule has 6 heteroatoms. The van der Waals surface area contributed by atoms with Gasteiger partial charge in [-0.2, -0.15) is 0 Å². The standard InChI is InChI=1S/C28H27NO5/c1-3-34-23-15-11-21(12-16-23)26(30)24-25(20-7-5-4-6-8-20)29(28(32)27(24)31)18-17-19-9-13-22(33-2)14-10-19/h4-16,25,30H,3,17-18H2,1-2H3/b26-24-. The third-order valence-electron chi connectivity index (χ3n) is 5.89. The van der Waals surface area contributed by atoms with Crippen LogP contribution < -0.4 is 9.47 Å². The lowest BCUT2D eigenvalue weighted by molar-refractivity contribution is -0.139. The largest absolute Gasteiger partial charge is 0.507 e. The van der Waals surface area contributed by atoms with E-state index < -0.39 is 17.7 Å². The summed E-state index contributed by atoms with van der Waals surface area (Å²) in [6.07, 6.45) is 0.559. The third-order valence-corrected chi connectivity index (χ3v) is 5.89. The van der Waals surface area contributed by atoms with Gasteiger partial charge in [0.15, 0.2) is 0 Å². The summed E-state index contributed by atoms with van der Waals surface area (Å²) in [7, 11) is 1.61. The average molecular weight is 458 g/mol. The zero-order valence-electron chi connectivity index (χ0n) is 19.2. The number of aliphatic hydroxyl groups excluding tert-OH is 1. The molecule has 1 aliphatic heterocycles. The first-order chi connectivity index (χ1) is 16.5. The van der Waals surface area contributed by atoms with E-state index in [9.17, 15) is 14.7 Å². The zero-order valence-corrected chi connectivity index (χ0v) is 19.2. The van der Waals surface area contributed by atoms with Crippen LogP contribution in [0.15, 0.2) is 84.4 Å². The average Bonchev–Trinajstić information content (AvgIpc) is 3.13. The van der Waals surface area contributed by atoms with Crippen molar-refractivity contribution >= 4 is 17.4 Å². The molecule has 174 valence electrons. The number of nitrogens with zero attached hydrogens (tertiary/aromatic N) is 1. The predicted molar refractivity (Wildman–Crippen MR) is 130 cm³/mol. The first-order valence-electron chi connectivity index (χ1n) is 11.2. The van der Waals surface area contributed by atoms with Crippen LogP contribution in [0.1, 0.15) is 29.7 Å². The highest BCUT2D eigenvalue weighted by atomic mass is 16.5. The molecular formula is C28H27NO5. The van der Waals surface area contributed by atoms with Gasteiger partial charge >= 0.3 is 0 Å². The molecule has 1 unspecified atom stereocenters. The molecule has 0 bridgehead atoms. The first-order valence-corrected chi connectivity index (χ1v) is 11.2. The Kier molecular flexibility index (Phi) is 6.97. The van der Waals surface area contributed by atoms with Gasteiger partial charge in [0.1, 0.15) is 17.3 Å². The monoisotopic (exact) mass is 457 g/mol. The molecule has 1 fully saturated rings. The molecule has 1 aliphatic rings.